The van der Waals surface area contributed by atoms with E-state index in [2.05, 4.69) is 49.1 Å². The summed E-state index contributed by atoms with van der Waals surface area (Å²) in [6.07, 6.45) is 10.3. The zero-order valence-corrected chi connectivity index (χ0v) is 15.2. The maximum atomic E-state index is 6.60. The highest BCUT2D eigenvalue weighted by molar-refractivity contribution is 5.17. The minimum absolute atomic E-state index is 0.0644. The second-order valence-electron chi connectivity index (χ2n) is 6.99. The first-order valence-corrected chi connectivity index (χ1v) is 9.68. The molecule has 1 aromatic rings. The molecule has 0 atom stereocenters. The highest BCUT2D eigenvalue weighted by Crippen LogP contribution is 2.33. The van der Waals surface area contributed by atoms with Crippen molar-refractivity contribution in [2.24, 2.45) is 0 Å². The molecule has 0 bridgehead atoms. The molecule has 0 amide bonds. The zero-order valence-electron chi connectivity index (χ0n) is 15.2. The molecular formula is C21H35NO. The zero-order chi connectivity index (χ0) is 16.4. The van der Waals surface area contributed by atoms with E-state index in [1.54, 1.807) is 0 Å². The van der Waals surface area contributed by atoms with Gasteiger partial charge in [0.25, 0.3) is 0 Å². The molecule has 2 rings (SSSR count). The third-order valence-electron chi connectivity index (χ3n) is 5.34. The predicted octanol–water partition coefficient (Wildman–Crippen LogP) is 5.07. The molecule has 0 spiro atoms. The summed E-state index contributed by atoms with van der Waals surface area (Å²) < 4.78 is 6.60. The molecule has 1 saturated carbocycles. The van der Waals surface area contributed by atoms with Crippen molar-refractivity contribution in [1.29, 1.82) is 0 Å². The quantitative estimate of drug-likeness (QED) is 0.663. The monoisotopic (exact) mass is 317 g/mol. The summed E-state index contributed by atoms with van der Waals surface area (Å²) >= 11 is 0. The van der Waals surface area contributed by atoms with Gasteiger partial charge in [0.15, 0.2) is 0 Å². The smallest absolute Gasteiger partial charge is 0.0723 e. The molecule has 1 fully saturated rings. The molecule has 0 aromatic heterocycles. The summed E-state index contributed by atoms with van der Waals surface area (Å²) in [5.74, 6) is 0. The maximum Gasteiger partial charge on any atom is 0.0723 e. The van der Waals surface area contributed by atoms with Crippen molar-refractivity contribution in [2.75, 3.05) is 26.2 Å². The van der Waals surface area contributed by atoms with E-state index in [1.807, 2.05) is 0 Å². The standard InChI is InChI=1S/C21H35NO/c1-3-22(4-2)17-18-23-21(15-11-6-5-7-12-16-21)19-20-13-9-8-10-14-20/h8-10,13-14H,3-7,11-12,15-19H2,1-2H3. The molecule has 0 saturated heterocycles. The molecule has 1 aromatic carbocycles. The summed E-state index contributed by atoms with van der Waals surface area (Å²) in [6.45, 7) is 8.63. The Kier molecular flexibility index (Phi) is 8.11. The van der Waals surface area contributed by atoms with Crippen LogP contribution in [0.4, 0.5) is 0 Å². The average Bonchev–Trinajstić information content (AvgIpc) is 2.56. The second kappa shape index (κ2) is 10.1. The fraction of sp³-hybridized carbons (Fsp3) is 0.714. The topological polar surface area (TPSA) is 12.5 Å². The molecular weight excluding hydrogens is 282 g/mol. The van der Waals surface area contributed by atoms with Crippen molar-refractivity contribution >= 4 is 0 Å². The number of hydrogen-bond donors (Lipinski definition) is 0. The van der Waals surface area contributed by atoms with Gasteiger partial charge in [0.05, 0.1) is 12.2 Å². The van der Waals surface area contributed by atoms with Gasteiger partial charge in [-0.3, -0.25) is 0 Å². The van der Waals surface area contributed by atoms with Gasteiger partial charge in [0, 0.05) is 13.0 Å². The van der Waals surface area contributed by atoms with E-state index < -0.39 is 0 Å². The van der Waals surface area contributed by atoms with Gasteiger partial charge in [0.2, 0.25) is 0 Å². The molecule has 1 aliphatic rings. The van der Waals surface area contributed by atoms with Crippen LogP contribution in [0.15, 0.2) is 30.3 Å². The van der Waals surface area contributed by atoms with E-state index in [0.29, 0.717) is 0 Å². The van der Waals surface area contributed by atoms with E-state index >= 15 is 0 Å². The summed E-state index contributed by atoms with van der Waals surface area (Å²) in [5, 5.41) is 0. The molecule has 2 heteroatoms. The molecule has 0 aliphatic heterocycles. The highest BCUT2D eigenvalue weighted by Gasteiger charge is 2.31. The third kappa shape index (κ3) is 6.27. The number of rotatable bonds is 8. The van der Waals surface area contributed by atoms with Crippen molar-refractivity contribution in [3.63, 3.8) is 0 Å². The first-order valence-electron chi connectivity index (χ1n) is 9.68. The van der Waals surface area contributed by atoms with Gasteiger partial charge in [-0.25, -0.2) is 0 Å². The van der Waals surface area contributed by atoms with E-state index in [9.17, 15) is 0 Å². The lowest BCUT2D eigenvalue weighted by atomic mass is 9.82. The maximum absolute atomic E-state index is 6.60. The lowest BCUT2D eigenvalue weighted by Crippen LogP contribution is -2.39. The van der Waals surface area contributed by atoms with E-state index in [1.165, 1.54) is 50.5 Å². The van der Waals surface area contributed by atoms with Crippen molar-refractivity contribution < 1.29 is 4.74 Å². The molecule has 2 nitrogen and oxygen atoms in total. The molecule has 0 heterocycles. The van der Waals surface area contributed by atoms with E-state index in [-0.39, 0.29) is 5.60 Å². The third-order valence-corrected chi connectivity index (χ3v) is 5.34. The Balaban J connectivity index is 2.00. The minimum Gasteiger partial charge on any atom is -0.373 e. The van der Waals surface area contributed by atoms with Crippen molar-refractivity contribution in [1.82, 2.24) is 4.90 Å². The normalized spacial score (nSPS) is 18.6. The minimum atomic E-state index is 0.0644. The van der Waals surface area contributed by atoms with Crippen molar-refractivity contribution in [2.45, 2.75) is 70.8 Å². The second-order valence-corrected chi connectivity index (χ2v) is 6.99. The number of hydrogen-bond acceptors (Lipinski definition) is 2. The van der Waals surface area contributed by atoms with Crippen LogP contribution in [0.1, 0.15) is 64.4 Å². The Labute approximate surface area is 143 Å². The predicted molar refractivity (Wildman–Crippen MR) is 98.9 cm³/mol. The number of likely N-dealkylation sites (N-methyl/N-ethyl adjacent to an activating group) is 1. The van der Waals surface area contributed by atoms with Crippen LogP contribution < -0.4 is 0 Å². The van der Waals surface area contributed by atoms with Gasteiger partial charge in [-0.05, 0) is 31.5 Å². The summed E-state index contributed by atoms with van der Waals surface area (Å²) in [4.78, 5) is 2.46. The van der Waals surface area contributed by atoms with Crippen LogP contribution in [0.25, 0.3) is 0 Å². The fourth-order valence-electron chi connectivity index (χ4n) is 3.82. The molecule has 0 radical (unpaired) electrons. The largest absolute Gasteiger partial charge is 0.373 e. The highest BCUT2D eigenvalue weighted by atomic mass is 16.5. The SMILES string of the molecule is CCN(CC)CCOC1(Cc2ccccc2)CCCCCCC1. The summed E-state index contributed by atoms with van der Waals surface area (Å²) in [5.41, 5.74) is 1.49. The fourth-order valence-corrected chi connectivity index (χ4v) is 3.82. The lowest BCUT2D eigenvalue weighted by Gasteiger charge is -2.36. The van der Waals surface area contributed by atoms with Gasteiger partial charge >= 0.3 is 0 Å². The van der Waals surface area contributed by atoms with Crippen molar-refractivity contribution in [3.8, 4) is 0 Å². The van der Waals surface area contributed by atoms with Crippen LogP contribution in [0.3, 0.4) is 0 Å². The van der Waals surface area contributed by atoms with Crippen LogP contribution in [0.5, 0.6) is 0 Å². The number of ether oxygens (including phenoxy) is 1. The Morgan fingerprint density at radius 1 is 0.913 bits per heavy atom. The first kappa shape index (κ1) is 18.5. The molecule has 0 unspecified atom stereocenters. The number of benzene rings is 1. The van der Waals surface area contributed by atoms with Crippen molar-refractivity contribution in [3.05, 3.63) is 35.9 Å². The average molecular weight is 318 g/mol. The van der Waals surface area contributed by atoms with Gasteiger partial charge in [-0.1, -0.05) is 76.3 Å². The van der Waals surface area contributed by atoms with Crippen LogP contribution in [-0.2, 0) is 11.2 Å². The van der Waals surface area contributed by atoms with Crippen LogP contribution >= 0.6 is 0 Å². The van der Waals surface area contributed by atoms with Crippen LogP contribution in [-0.4, -0.2) is 36.7 Å². The van der Waals surface area contributed by atoms with Gasteiger partial charge in [0.1, 0.15) is 0 Å². The summed E-state index contributed by atoms with van der Waals surface area (Å²) in [6, 6.07) is 10.9. The molecule has 1 aliphatic carbocycles. The van der Waals surface area contributed by atoms with Gasteiger partial charge in [-0.15, -0.1) is 0 Å². The van der Waals surface area contributed by atoms with Gasteiger partial charge in [-0.2, -0.15) is 0 Å². The first-order chi connectivity index (χ1) is 11.3. The Hall–Kier alpha value is -0.860. The Morgan fingerprint density at radius 3 is 2.13 bits per heavy atom. The van der Waals surface area contributed by atoms with E-state index in [0.717, 1.165) is 32.7 Å². The van der Waals surface area contributed by atoms with Crippen LogP contribution in [0.2, 0.25) is 0 Å². The number of nitrogens with zero attached hydrogens (tertiary/aromatic N) is 1. The molecule has 130 valence electrons. The molecule has 23 heavy (non-hydrogen) atoms. The summed E-state index contributed by atoms with van der Waals surface area (Å²) in [7, 11) is 0. The van der Waals surface area contributed by atoms with Crippen LogP contribution in [0, 0.1) is 0 Å². The Bertz CT molecular complexity index is 405. The lowest BCUT2D eigenvalue weighted by molar-refractivity contribution is -0.0682. The molecule has 0 N–H and O–H groups in total. The Morgan fingerprint density at radius 2 is 1.52 bits per heavy atom. The van der Waals surface area contributed by atoms with E-state index in [4.69, 9.17) is 4.74 Å². The van der Waals surface area contributed by atoms with Gasteiger partial charge < -0.3 is 9.64 Å².